The molecule has 0 spiro atoms. The number of carbonyl (C=O) groups is 7. The molecule has 67 heavy (non-hydrogen) atoms. The van der Waals surface area contributed by atoms with E-state index in [2.05, 4.69) is 10.6 Å². The molecule has 0 bridgehead atoms. The zero-order valence-electron chi connectivity index (χ0n) is 37.8. The highest BCUT2D eigenvalue weighted by Gasteiger charge is 2.43. The maximum Gasteiger partial charge on any atom is 0.329 e. The molecule has 4 aliphatic rings. The van der Waals surface area contributed by atoms with E-state index in [1.807, 2.05) is 84.9 Å². The quantitative estimate of drug-likeness (QED) is 0.101. The average molecular weight is 914 g/mol. The first-order chi connectivity index (χ1) is 32.3. The molecule has 3 aromatic carbocycles. The monoisotopic (exact) mass is 913 g/mol. The molecule has 4 aromatic rings. The number of rotatable bonds is 15. The molecule has 2 unspecified atom stereocenters. The van der Waals surface area contributed by atoms with Gasteiger partial charge < -0.3 is 26.6 Å². The Morgan fingerprint density at radius 3 is 2.19 bits per heavy atom. The van der Waals surface area contributed by atoms with Crippen molar-refractivity contribution in [2.24, 2.45) is 30.4 Å². The van der Waals surface area contributed by atoms with Crippen LogP contribution in [0.2, 0.25) is 0 Å². The van der Waals surface area contributed by atoms with Crippen molar-refractivity contribution in [1.29, 1.82) is 0 Å². The summed E-state index contributed by atoms with van der Waals surface area (Å²) < 4.78 is 3.04. The number of piperidine rings is 1. The Kier molecular flexibility index (Phi) is 14.2. The van der Waals surface area contributed by atoms with Crippen LogP contribution in [0.5, 0.6) is 0 Å². The number of nitrogens with two attached hydrogens (primary N) is 2. The molecule has 17 nitrogen and oxygen atoms in total. The first-order valence-electron chi connectivity index (χ1n) is 23.3. The Hall–Kier alpha value is -6.88. The number of aromatic nitrogens is 2. The van der Waals surface area contributed by atoms with Gasteiger partial charge in [-0.2, -0.15) is 0 Å². The standard InChI is InChI=1S/C50H59N9O8/c1-55-41-27-33(16-18-38(41)59(50(55)67)40-20-22-43(62)53-48(40)65)26-31-12-14-32(15-13-31)28-45(63)56-25-24-36-17-23-44(58(36)49(66)37(51)29-56)57(30-60)39(19-21-42(52)61)47(64)54-46(34-8-4-2-5-9-34)35-10-6-3-7-11-35/h2-11,16-18,27,30-32,37,39-40,44,46H,12-15,19-26,28-29,51H2,1H3,(H2,52,61)(H,54,64)(H,53,62,65)/t31?,32?,37-,39?,40?,44-/m0/s1. The van der Waals surface area contributed by atoms with Crippen LogP contribution >= 0.6 is 0 Å². The van der Waals surface area contributed by atoms with E-state index in [1.165, 1.54) is 14.4 Å². The number of aryl methyl sites for hydroxylation is 1. The van der Waals surface area contributed by atoms with Crippen LogP contribution in [-0.2, 0) is 47.0 Å². The fourth-order valence-corrected chi connectivity index (χ4v) is 10.5. The van der Waals surface area contributed by atoms with Gasteiger partial charge in [-0.25, -0.2) is 4.79 Å². The number of fused-ring (bicyclic) bond motifs is 2. The van der Waals surface area contributed by atoms with Crippen molar-refractivity contribution in [2.75, 3.05) is 13.1 Å². The number of benzene rings is 3. The second kappa shape index (κ2) is 20.3. The molecule has 3 aliphatic heterocycles. The molecule has 7 amide bonds. The highest BCUT2D eigenvalue weighted by Crippen LogP contribution is 2.36. The average Bonchev–Trinajstić information content (AvgIpc) is 3.84. The number of primary amides is 1. The zero-order chi connectivity index (χ0) is 47.4. The van der Waals surface area contributed by atoms with Gasteiger partial charge in [0.15, 0.2) is 0 Å². The summed E-state index contributed by atoms with van der Waals surface area (Å²) in [6, 6.07) is 21.2. The summed E-state index contributed by atoms with van der Waals surface area (Å²) in [4.78, 5) is 110. The molecular weight excluding hydrogens is 855 g/mol. The van der Waals surface area contributed by atoms with E-state index in [4.69, 9.17) is 11.5 Å². The molecule has 1 aliphatic carbocycles. The lowest BCUT2D eigenvalue weighted by atomic mass is 9.78. The molecule has 17 heteroatoms. The Balaban J connectivity index is 0.881. The minimum atomic E-state index is -1.15. The highest BCUT2D eigenvalue weighted by atomic mass is 16.2. The van der Waals surface area contributed by atoms with Crippen LogP contribution in [-0.4, -0.2) is 97.0 Å². The maximum absolute atomic E-state index is 14.3. The number of imidazole rings is 1. The van der Waals surface area contributed by atoms with Crippen LogP contribution < -0.4 is 27.8 Å². The Bertz CT molecular complexity index is 2580. The van der Waals surface area contributed by atoms with Gasteiger partial charge in [-0.15, -0.1) is 0 Å². The van der Waals surface area contributed by atoms with E-state index in [9.17, 15) is 38.4 Å². The first kappa shape index (κ1) is 46.6. The van der Waals surface area contributed by atoms with Crippen molar-refractivity contribution in [1.82, 2.24) is 34.5 Å². The second-order valence-corrected chi connectivity index (χ2v) is 18.4. The number of amides is 7. The third-order valence-corrected chi connectivity index (χ3v) is 14.1. The summed E-state index contributed by atoms with van der Waals surface area (Å²) in [6.07, 6.45) is 7.03. The second-order valence-electron chi connectivity index (χ2n) is 18.4. The molecular formula is C50H59N9O8. The summed E-state index contributed by atoms with van der Waals surface area (Å²) >= 11 is 0. The van der Waals surface area contributed by atoms with Gasteiger partial charge in [0.05, 0.1) is 17.1 Å². The van der Waals surface area contributed by atoms with Gasteiger partial charge in [-0.1, -0.05) is 72.8 Å². The summed E-state index contributed by atoms with van der Waals surface area (Å²) in [5, 5.41) is 5.45. The largest absolute Gasteiger partial charge is 0.370 e. The van der Waals surface area contributed by atoms with Crippen LogP contribution in [0.1, 0.15) is 99.4 Å². The summed E-state index contributed by atoms with van der Waals surface area (Å²) in [6.45, 7) is 0.325. The molecule has 3 fully saturated rings. The fourth-order valence-electron chi connectivity index (χ4n) is 10.5. The van der Waals surface area contributed by atoms with Gasteiger partial charge in [-0.3, -0.25) is 52.9 Å². The predicted octanol–water partition coefficient (Wildman–Crippen LogP) is 3.06. The lowest BCUT2D eigenvalue weighted by Gasteiger charge is -2.41. The van der Waals surface area contributed by atoms with Crippen molar-refractivity contribution in [3.63, 3.8) is 0 Å². The van der Waals surface area contributed by atoms with Crippen LogP contribution in [0.15, 0.2) is 95.4 Å². The van der Waals surface area contributed by atoms with E-state index < -0.39 is 54.0 Å². The Morgan fingerprint density at radius 1 is 0.881 bits per heavy atom. The molecule has 0 radical (unpaired) electrons. The van der Waals surface area contributed by atoms with Crippen LogP contribution in [0.3, 0.4) is 0 Å². The predicted molar refractivity (Wildman–Crippen MR) is 248 cm³/mol. The normalized spacial score (nSPS) is 22.6. The lowest BCUT2D eigenvalue weighted by molar-refractivity contribution is -0.147. The third-order valence-electron chi connectivity index (χ3n) is 14.1. The first-order valence-corrected chi connectivity index (χ1v) is 23.3. The van der Waals surface area contributed by atoms with Crippen molar-refractivity contribution < 1.29 is 33.6 Å². The van der Waals surface area contributed by atoms with Crippen LogP contribution in [0, 0.1) is 11.8 Å². The minimum absolute atomic E-state index is 0.00225. The topological polar surface area (TPSA) is 232 Å². The summed E-state index contributed by atoms with van der Waals surface area (Å²) in [5.74, 6) is -1.91. The van der Waals surface area contributed by atoms with E-state index in [-0.39, 0.29) is 62.1 Å². The van der Waals surface area contributed by atoms with Crippen LogP contribution in [0.25, 0.3) is 11.0 Å². The number of nitrogens with zero attached hydrogens (tertiary/aromatic N) is 5. The Labute approximate surface area is 388 Å². The number of nitrogens with one attached hydrogen (secondary N) is 2. The van der Waals surface area contributed by atoms with Crippen molar-refractivity contribution in [3.8, 4) is 0 Å². The van der Waals surface area contributed by atoms with Crippen LogP contribution in [0.4, 0.5) is 0 Å². The van der Waals surface area contributed by atoms with Gasteiger partial charge in [0.25, 0.3) is 0 Å². The van der Waals surface area contributed by atoms with E-state index in [0.717, 1.165) is 54.3 Å². The lowest BCUT2D eigenvalue weighted by Crippen LogP contribution is -2.60. The highest BCUT2D eigenvalue weighted by molar-refractivity contribution is 6.00. The smallest absolute Gasteiger partial charge is 0.329 e. The van der Waals surface area contributed by atoms with E-state index in [1.54, 1.807) is 16.5 Å². The number of hydrogen-bond acceptors (Lipinski definition) is 9. The maximum atomic E-state index is 14.3. The molecule has 1 aromatic heterocycles. The summed E-state index contributed by atoms with van der Waals surface area (Å²) in [5.41, 5.74) is 16.6. The molecule has 4 atom stereocenters. The van der Waals surface area contributed by atoms with Gasteiger partial charge in [0.2, 0.25) is 41.9 Å². The minimum Gasteiger partial charge on any atom is -0.370 e. The fraction of sp³-hybridized carbons (Fsp3) is 0.440. The molecule has 2 saturated heterocycles. The number of imide groups is 1. The summed E-state index contributed by atoms with van der Waals surface area (Å²) in [7, 11) is 1.69. The van der Waals surface area contributed by atoms with Crippen molar-refractivity contribution in [3.05, 3.63) is 118 Å². The molecule has 6 N–H and O–H groups in total. The van der Waals surface area contributed by atoms with Gasteiger partial charge in [0.1, 0.15) is 24.3 Å². The molecule has 1 saturated carbocycles. The molecule has 8 rings (SSSR count). The van der Waals surface area contributed by atoms with Crippen molar-refractivity contribution >= 4 is 52.9 Å². The molecule has 352 valence electrons. The van der Waals surface area contributed by atoms with Gasteiger partial charge >= 0.3 is 5.69 Å². The molecule has 4 heterocycles. The van der Waals surface area contributed by atoms with Crippen molar-refractivity contribution in [2.45, 2.75) is 107 Å². The number of carbonyl (C=O) groups excluding carboxylic acids is 7. The number of hydrogen-bond donors (Lipinski definition) is 4. The third kappa shape index (κ3) is 10.1. The van der Waals surface area contributed by atoms with E-state index in [0.29, 0.717) is 42.9 Å². The Morgan fingerprint density at radius 2 is 1.55 bits per heavy atom. The van der Waals surface area contributed by atoms with Gasteiger partial charge in [-0.05, 0) is 85.6 Å². The van der Waals surface area contributed by atoms with E-state index >= 15 is 0 Å². The van der Waals surface area contributed by atoms with Gasteiger partial charge in [0, 0.05) is 57.9 Å². The zero-order valence-corrected chi connectivity index (χ0v) is 37.8. The SMILES string of the molecule is Cn1c(=O)n(C2CCC(=O)NC2=O)c2ccc(CC3CCC(CC(=O)N4CCC5=CC[C@@H](N(C=O)C(CCC(N)=O)C(=O)NC(c6ccccc6)c6ccccc6)N5C(=O)[C@@H](N)C4)CC3)cc21.